The number of allylic oxidation sites excluding steroid dienone is 1. The maximum atomic E-state index is 14.6. The third-order valence-electron chi connectivity index (χ3n) is 5.60. The van der Waals surface area contributed by atoms with Crippen molar-refractivity contribution in [1.29, 1.82) is 0 Å². The number of rotatable bonds is 6. The summed E-state index contributed by atoms with van der Waals surface area (Å²) in [5.41, 5.74) is 1.13. The van der Waals surface area contributed by atoms with E-state index in [2.05, 4.69) is 13.0 Å². The van der Waals surface area contributed by atoms with Gasteiger partial charge in [0, 0.05) is 5.39 Å². The van der Waals surface area contributed by atoms with Crippen LogP contribution in [0.3, 0.4) is 0 Å². The van der Waals surface area contributed by atoms with E-state index in [1.165, 1.54) is 25.7 Å². The molecule has 2 aromatic rings. The van der Waals surface area contributed by atoms with Crippen LogP contribution < -0.4 is 4.74 Å². The molecule has 0 radical (unpaired) electrons. The highest BCUT2D eigenvalue weighted by molar-refractivity contribution is 5.85. The molecule has 0 aliphatic heterocycles. The summed E-state index contributed by atoms with van der Waals surface area (Å²) in [5.74, 6) is -0.436. The van der Waals surface area contributed by atoms with Crippen molar-refractivity contribution in [1.82, 2.24) is 0 Å². The molecule has 0 saturated heterocycles. The highest BCUT2D eigenvalue weighted by atomic mass is 19.2. The van der Waals surface area contributed by atoms with Crippen LogP contribution in [0.15, 0.2) is 36.4 Å². The van der Waals surface area contributed by atoms with Crippen molar-refractivity contribution in [2.24, 2.45) is 5.92 Å². The van der Waals surface area contributed by atoms with Crippen LogP contribution in [0.4, 0.5) is 8.78 Å². The van der Waals surface area contributed by atoms with E-state index in [9.17, 15) is 8.78 Å². The second-order valence-electron chi connectivity index (χ2n) is 7.37. The molecular weight excluding hydrogens is 330 g/mol. The quantitative estimate of drug-likeness (QED) is 0.498. The van der Waals surface area contributed by atoms with E-state index in [0.29, 0.717) is 16.7 Å². The number of fused-ring (bicyclic) bond motifs is 1. The SMILES string of the molecule is CC=CCOc1cc2ccc(C3CCC(CCC)CC3)cc2c(F)c1F. The zero-order valence-electron chi connectivity index (χ0n) is 15.7. The summed E-state index contributed by atoms with van der Waals surface area (Å²) in [6, 6.07) is 7.40. The van der Waals surface area contributed by atoms with Gasteiger partial charge in [0.1, 0.15) is 6.61 Å². The monoisotopic (exact) mass is 358 g/mol. The first-order valence-electron chi connectivity index (χ1n) is 9.79. The lowest BCUT2D eigenvalue weighted by atomic mass is 9.77. The molecule has 3 rings (SSSR count). The second kappa shape index (κ2) is 8.66. The summed E-state index contributed by atoms with van der Waals surface area (Å²) in [4.78, 5) is 0. The van der Waals surface area contributed by atoms with Crippen LogP contribution in [0, 0.1) is 17.6 Å². The fraction of sp³-hybridized carbons (Fsp3) is 0.478. The minimum Gasteiger partial charge on any atom is -0.486 e. The molecule has 140 valence electrons. The van der Waals surface area contributed by atoms with E-state index < -0.39 is 11.6 Å². The summed E-state index contributed by atoms with van der Waals surface area (Å²) in [7, 11) is 0. The van der Waals surface area contributed by atoms with Gasteiger partial charge in [-0.25, -0.2) is 4.39 Å². The molecule has 26 heavy (non-hydrogen) atoms. The molecule has 0 bridgehead atoms. The highest BCUT2D eigenvalue weighted by Gasteiger charge is 2.23. The van der Waals surface area contributed by atoms with Gasteiger partial charge in [0.25, 0.3) is 0 Å². The normalized spacial score (nSPS) is 20.8. The smallest absolute Gasteiger partial charge is 0.201 e. The van der Waals surface area contributed by atoms with Crippen molar-refractivity contribution in [3.8, 4) is 5.75 Å². The topological polar surface area (TPSA) is 9.23 Å². The van der Waals surface area contributed by atoms with Gasteiger partial charge in [-0.3, -0.25) is 0 Å². The van der Waals surface area contributed by atoms with Gasteiger partial charge < -0.3 is 4.74 Å². The summed E-state index contributed by atoms with van der Waals surface area (Å²) in [6.45, 7) is 4.33. The Hall–Kier alpha value is -1.90. The largest absolute Gasteiger partial charge is 0.486 e. The molecule has 0 unspecified atom stereocenters. The molecule has 1 saturated carbocycles. The average molecular weight is 358 g/mol. The lowest BCUT2D eigenvalue weighted by Crippen LogP contribution is -2.13. The molecule has 0 spiro atoms. The number of benzene rings is 2. The Balaban J connectivity index is 1.83. The maximum Gasteiger partial charge on any atom is 0.201 e. The number of hydrogen-bond acceptors (Lipinski definition) is 1. The van der Waals surface area contributed by atoms with Crippen molar-refractivity contribution < 1.29 is 13.5 Å². The third kappa shape index (κ3) is 4.08. The van der Waals surface area contributed by atoms with Gasteiger partial charge in [-0.2, -0.15) is 4.39 Å². The Morgan fingerprint density at radius 3 is 2.54 bits per heavy atom. The molecular formula is C23H28F2O. The van der Waals surface area contributed by atoms with E-state index in [1.807, 2.05) is 25.1 Å². The Bertz CT molecular complexity index is 773. The molecule has 0 amide bonds. The van der Waals surface area contributed by atoms with Gasteiger partial charge in [-0.1, -0.05) is 44.1 Å². The van der Waals surface area contributed by atoms with Crippen molar-refractivity contribution in [2.75, 3.05) is 6.61 Å². The molecule has 1 nitrogen and oxygen atoms in total. The van der Waals surface area contributed by atoms with Crippen molar-refractivity contribution in [3.05, 3.63) is 53.6 Å². The van der Waals surface area contributed by atoms with Crippen molar-refractivity contribution >= 4 is 10.8 Å². The Morgan fingerprint density at radius 2 is 1.85 bits per heavy atom. The molecule has 3 heteroatoms. The highest BCUT2D eigenvalue weighted by Crippen LogP contribution is 2.39. The zero-order valence-corrected chi connectivity index (χ0v) is 15.7. The molecule has 0 aromatic heterocycles. The van der Waals surface area contributed by atoms with Gasteiger partial charge in [0.15, 0.2) is 11.6 Å². The summed E-state index contributed by atoms with van der Waals surface area (Å²) >= 11 is 0. The third-order valence-corrected chi connectivity index (χ3v) is 5.60. The van der Waals surface area contributed by atoms with Crippen molar-refractivity contribution in [2.45, 2.75) is 58.3 Å². The predicted molar refractivity (Wildman–Crippen MR) is 104 cm³/mol. The van der Waals surface area contributed by atoms with Crippen LogP contribution >= 0.6 is 0 Å². The Morgan fingerprint density at radius 1 is 1.08 bits per heavy atom. The first-order chi connectivity index (χ1) is 12.6. The number of ether oxygens (including phenoxy) is 1. The van der Waals surface area contributed by atoms with E-state index in [0.717, 1.165) is 24.3 Å². The molecule has 2 aromatic carbocycles. The van der Waals surface area contributed by atoms with Gasteiger partial charge >= 0.3 is 0 Å². The molecule has 0 N–H and O–H groups in total. The molecule has 1 aliphatic rings. The average Bonchev–Trinajstić information content (AvgIpc) is 2.66. The van der Waals surface area contributed by atoms with Crippen molar-refractivity contribution in [3.63, 3.8) is 0 Å². The molecule has 0 heterocycles. The van der Waals surface area contributed by atoms with Gasteiger partial charge in [0.05, 0.1) is 0 Å². The van der Waals surface area contributed by atoms with E-state index >= 15 is 0 Å². The fourth-order valence-corrected chi connectivity index (χ4v) is 4.11. The van der Waals surface area contributed by atoms with Crippen LogP contribution in [0.25, 0.3) is 10.8 Å². The predicted octanol–water partition coefficient (Wildman–Crippen LogP) is 7.15. The molecule has 1 fully saturated rings. The summed E-state index contributed by atoms with van der Waals surface area (Å²) < 4.78 is 34.3. The molecule has 0 atom stereocenters. The minimum atomic E-state index is -0.897. The van der Waals surface area contributed by atoms with Gasteiger partial charge in [-0.15, -0.1) is 0 Å². The standard InChI is InChI=1S/C23H28F2O/c1-3-5-13-26-21-15-19-12-11-18(14-20(19)22(24)23(21)25)17-9-7-16(6-4-2)8-10-17/h3,5,11-12,14-17H,4,6-10,13H2,1-2H3. The summed E-state index contributed by atoms with van der Waals surface area (Å²) in [6.07, 6.45) is 10.9. The lowest BCUT2D eigenvalue weighted by molar-refractivity contribution is 0.308. The Kier molecular flexibility index (Phi) is 6.29. The Labute approximate surface area is 155 Å². The van der Waals surface area contributed by atoms with Gasteiger partial charge in [-0.05, 0) is 67.5 Å². The number of hydrogen-bond donors (Lipinski definition) is 0. The first-order valence-corrected chi connectivity index (χ1v) is 9.79. The fourth-order valence-electron chi connectivity index (χ4n) is 4.11. The van der Waals surface area contributed by atoms with E-state index in [4.69, 9.17) is 4.74 Å². The zero-order chi connectivity index (χ0) is 18.5. The maximum absolute atomic E-state index is 14.6. The lowest BCUT2D eigenvalue weighted by Gasteiger charge is -2.28. The van der Waals surface area contributed by atoms with E-state index in [1.54, 1.807) is 12.1 Å². The van der Waals surface area contributed by atoms with Crippen LogP contribution in [-0.2, 0) is 0 Å². The number of halogens is 2. The van der Waals surface area contributed by atoms with Crippen LogP contribution in [0.2, 0.25) is 0 Å². The van der Waals surface area contributed by atoms with Crippen LogP contribution in [0.1, 0.15) is 63.9 Å². The van der Waals surface area contributed by atoms with Crippen LogP contribution in [-0.4, -0.2) is 6.61 Å². The summed E-state index contributed by atoms with van der Waals surface area (Å²) in [5, 5.41) is 1.04. The first kappa shape index (κ1) is 18.9. The molecule has 1 aliphatic carbocycles. The minimum absolute atomic E-state index is 0.0269. The second-order valence-corrected chi connectivity index (χ2v) is 7.37. The van der Waals surface area contributed by atoms with Gasteiger partial charge in [0.2, 0.25) is 5.82 Å². The van der Waals surface area contributed by atoms with E-state index in [-0.39, 0.29) is 12.4 Å². The van der Waals surface area contributed by atoms with Crippen LogP contribution in [0.5, 0.6) is 5.75 Å².